The molecule has 0 saturated carbocycles. The minimum atomic E-state index is -0.809. The second-order valence-electron chi connectivity index (χ2n) is 5.35. The number of Topliss-reactive ketones (excluding diaryl/α,β-unsaturated/α-hetero) is 1. The number of hydrogen-bond acceptors (Lipinski definition) is 5. The molecule has 1 N–H and O–H groups in total. The van der Waals surface area contributed by atoms with Crippen molar-refractivity contribution in [1.82, 2.24) is 5.32 Å². The van der Waals surface area contributed by atoms with Crippen molar-refractivity contribution in [2.75, 3.05) is 6.61 Å². The number of ether oxygens (including phenoxy) is 1. The van der Waals surface area contributed by atoms with E-state index in [-0.39, 0.29) is 12.4 Å². The van der Waals surface area contributed by atoms with Crippen LogP contribution in [0.5, 0.6) is 0 Å². The van der Waals surface area contributed by atoms with Crippen LogP contribution in [0.4, 0.5) is 0 Å². The molecule has 7 heteroatoms. The van der Waals surface area contributed by atoms with Gasteiger partial charge in [-0.2, -0.15) is 0 Å². The monoisotopic (exact) mass is 379 g/mol. The number of carbonyl (C=O) groups excluding carboxylic acids is 3. The number of amides is 1. The van der Waals surface area contributed by atoms with Gasteiger partial charge in [0.15, 0.2) is 5.78 Å². The van der Waals surface area contributed by atoms with Crippen molar-refractivity contribution in [3.63, 3.8) is 0 Å². The summed E-state index contributed by atoms with van der Waals surface area (Å²) in [6.07, 6.45) is 0.752. The first-order valence-corrected chi connectivity index (χ1v) is 9.03. The zero-order valence-electron chi connectivity index (χ0n) is 13.7. The summed E-state index contributed by atoms with van der Waals surface area (Å²) in [5, 5.41) is 4.70. The first-order valence-electron chi connectivity index (χ1n) is 7.77. The molecule has 1 atom stereocenters. The molecule has 0 spiro atoms. The second kappa shape index (κ2) is 9.34. The highest BCUT2D eigenvalue weighted by Gasteiger charge is 2.19. The lowest BCUT2D eigenvalue weighted by Crippen LogP contribution is -2.39. The number of hydrogen-bond donors (Lipinski definition) is 1. The molecule has 2 rings (SSSR count). The van der Waals surface area contributed by atoms with Crippen molar-refractivity contribution in [1.29, 1.82) is 0 Å². The van der Waals surface area contributed by atoms with Crippen LogP contribution in [-0.4, -0.2) is 30.3 Å². The summed E-state index contributed by atoms with van der Waals surface area (Å²) in [4.78, 5) is 36.5. The topological polar surface area (TPSA) is 72.5 Å². The number of rotatable bonds is 8. The molecule has 0 saturated heterocycles. The Kier molecular flexibility index (Phi) is 7.16. The molecule has 0 aliphatic heterocycles. The Bertz CT molecular complexity index is 745. The van der Waals surface area contributed by atoms with Gasteiger partial charge in [-0.05, 0) is 36.9 Å². The van der Waals surface area contributed by atoms with Crippen molar-refractivity contribution in [2.24, 2.45) is 0 Å². The van der Waals surface area contributed by atoms with E-state index in [1.54, 1.807) is 30.3 Å². The van der Waals surface area contributed by atoms with Gasteiger partial charge < -0.3 is 10.1 Å². The van der Waals surface area contributed by atoms with Crippen molar-refractivity contribution >= 4 is 40.6 Å². The van der Waals surface area contributed by atoms with Gasteiger partial charge in [0.2, 0.25) is 0 Å². The van der Waals surface area contributed by atoms with Gasteiger partial charge in [-0.25, -0.2) is 4.79 Å². The number of thiophene rings is 1. The average molecular weight is 380 g/mol. The van der Waals surface area contributed by atoms with Crippen LogP contribution in [0.25, 0.3) is 0 Å². The molecule has 2 aromatic rings. The third-order valence-electron chi connectivity index (χ3n) is 3.41. The number of benzene rings is 1. The highest BCUT2D eigenvalue weighted by atomic mass is 35.5. The fourth-order valence-corrected chi connectivity index (χ4v) is 2.99. The lowest BCUT2D eigenvalue weighted by atomic mass is 10.2. The van der Waals surface area contributed by atoms with Gasteiger partial charge in [-0.1, -0.05) is 29.8 Å². The Labute approximate surface area is 154 Å². The molecule has 0 radical (unpaired) electrons. The van der Waals surface area contributed by atoms with Crippen LogP contribution in [-0.2, 0) is 9.53 Å². The van der Waals surface area contributed by atoms with Gasteiger partial charge in [0.25, 0.3) is 5.91 Å². The van der Waals surface area contributed by atoms with E-state index in [9.17, 15) is 14.4 Å². The number of carbonyl (C=O) groups is 3. The summed E-state index contributed by atoms with van der Waals surface area (Å²) in [5.74, 6) is -0.960. The summed E-state index contributed by atoms with van der Waals surface area (Å²) < 4.78 is 5.10. The number of nitrogens with one attached hydrogen (secondary N) is 1. The predicted molar refractivity (Wildman–Crippen MR) is 97.2 cm³/mol. The summed E-state index contributed by atoms with van der Waals surface area (Å²) in [5.41, 5.74) is 0.297. The third-order valence-corrected chi connectivity index (χ3v) is 4.65. The summed E-state index contributed by atoms with van der Waals surface area (Å²) in [6, 6.07) is 9.36. The zero-order valence-corrected chi connectivity index (χ0v) is 15.2. The van der Waals surface area contributed by atoms with Gasteiger partial charge in [0, 0.05) is 6.42 Å². The SMILES string of the molecule is C[C@H](NC(=O)c1ccccc1Cl)C(=O)OCCCC(=O)c1cccs1. The molecule has 0 aliphatic carbocycles. The van der Waals surface area contributed by atoms with Crippen LogP contribution in [0.15, 0.2) is 41.8 Å². The molecule has 1 aromatic carbocycles. The zero-order chi connectivity index (χ0) is 18.2. The molecule has 5 nitrogen and oxygen atoms in total. The minimum absolute atomic E-state index is 0.0334. The lowest BCUT2D eigenvalue weighted by Gasteiger charge is -2.14. The maximum Gasteiger partial charge on any atom is 0.328 e. The van der Waals surface area contributed by atoms with E-state index in [0.29, 0.717) is 28.3 Å². The van der Waals surface area contributed by atoms with Crippen LogP contribution in [0.2, 0.25) is 5.02 Å². The quantitative estimate of drug-likeness (QED) is 0.431. The predicted octanol–water partition coefficient (Wildman–Crippen LogP) is 3.73. The number of halogens is 1. The van der Waals surface area contributed by atoms with E-state index in [4.69, 9.17) is 16.3 Å². The van der Waals surface area contributed by atoms with Gasteiger partial charge in [0.1, 0.15) is 6.04 Å². The Morgan fingerprint density at radius 1 is 1.20 bits per heavy atom. The Morgan fingerprint density at radius 3 is 2.64 bits per heavy atom. The van der Waals surface area contributed by atoms with Crippen molar-refractivity contribution in [3.8, 4) is 0 Å². The molecule has 1 aromatic heterocycles. The Hall–Kier alpha value is -2.18. The normalized spacial score (nSPS) is 11.6. The average Bonchev–Trinajstić information content (AvgIpc) is 3.13. The van der Waals surface area contributed by atoms with Gasteiger partial charge >= 0.3 is 5.97 Å². The van der Waals surface area contributed by atoms with Crippen LogP contribution in [0, 0.1) is 0 Å². The van der Waals surface area contributed by atoms with E-state index < -0.39 is 17.9 Å². The molecule has 0 bridgehead atoms. The summed E-state index contributed by atoms with van der Waals surface area (Å²) in [6.45, 7) is 1.66. The molecule has 0 aliphatic rings. The van der Waals surface area contributed by atoms with E-state index in [1.165, 1.54) is 18.3 Å². The molecule has 1 amide bonds. The number of esters is 1. The molecule has 1 heterocycles. The fourth-order valence-electron chi connectivity index (χ4n) is 2.07. The van der Waals surface area contributed by atoms with Crippen LogP contribution >= 0.6 is 22.9 Å². The highest BCUT2D eigenvalue weighted by molar-refractivity contribution is 7.12. The fraction of sp³-hybridized carbons (Fsp3) is 0.278. The number of ketones is 1. The largest absolute Gasteiger partial charge is 0.464 e. The Balaban J connectivity index is 1.72. The van der Waals surface area contributed by atoms with Crippen molar-refractivity contribution in [3.05, 3.63) is 57.2 Å². The molecule has 0 fully saturated rings. The van der Waals surface area contributed by atoms with E-state index in [1.807, 2.05) is 11.4 Å². The van der Waals surface area contributed by atoms with E-state index in [2.05, 4.69) is 5.32 Å². The molecule has 25 heavy (non-hydrogen) atoms. The smallest absolute Gasteiger partial charge is 0.328 e. The van der Waals surface area contributed by atoms with Gasteiger partial charge in [-0.3, -0.25) is 9.59 Å². The van der Waals surface area contributed by atoms with Crippen LogP contribution in [0.3, 0.4) is 0 Å². The third kappa shape index (κ3) is 5.69. The maximum absolute atomic E-state index is 12.1. The van der Waals surface area contributed by atoms with Crippen molar-refractivity contribution in [2.45, 2.75) is 25.8 Å². The van der Waals surface area contributed by atoms with Crippen molar-refractivity contribution < 1.29 is 19.1 Å². The van der Waals surface area contributed by atoms with Gasteiger partial charge in [-0.15, -0.1) is 11.3 Å². The van der Waals surface area contributed by atoms with Crippen LogP contribution < -0.4 is 5.32 Å². The van der Waals surface area contributed by atoms with E-state index in [0.717, 1.165) is 0 Å². The highest BCUT2D eigenvalue weighted by Crippen LogP contribution is 2.15. The second-order valence-corrected chi connectivity index (χ2v) is 6.70. The maximum atomic E-state index is 12.1. The van der Waals surface area contributed by atoms with E-state index >= 15 is 0 Å². The molecular weight excluding hydrogens is 362 g/mol. The standard InChI is InChI=1S/C18H18ClNO4S/c1-12(20-17(22)13-6-2-3-7-14(13)19)18(23)24-10-4-8-15(21)16-9-5-11-25-16/h2-3,5-7,9,11-12H,4,8,10H2,1H3,(H,20,22)/t12-/m0/s1. The summed E-state index contributed by atoms with van der Waals surface area (Å²) in [7, 11) is 0. The molecule has 132 valence electrons. The Morgan fingerprint density at radius 2 is 1.96 bits per heavy atom. The van der Waals surface area contributed by atoms with Crippen LogP contribution in [0.1, 0.15) is 39.8 Å². The minimum Gasteiger partial charge on any atom is -0.464 e. The summed E-state index contributed by atoms with van der Waals surface area (Å²) >= 11 is 7.34. The molecule has 0 unspecified atom stereocenters. The molecular formula is C18H18ClNO4S. The first-order chi connectivity index (χ1) is 12.0. The van der Waals surface area contributed by atoms with Gasteiger partial charge in [0.05, 0.1) is 22.1 Å². The first kappa shape index (κ1) is 19.1. The lowest BCUT2D eigenvalue weighted by molar-refractivity contribution is -0.145.